The van der Waals surface area contributed by atoms with Gasteiger partial charge in [-0.15, -0.1) is 0 Å². The third kappa shape index (κ3) is 11.5. The van der Waals surface area contributed by atoms with E-state index in [-0.39, 0.29) is 51.0 Å². The number of benzene rings is 6. The number of ether oxygens (including phenoxy) is 6. The first-order valence-corrected chi connectivity index (χ1v) is 21.4. The molecule has 334 valence electrons. The van der Waals surface area contributed by atoms with Gasteiger partial charge in [0.15, 0.2) is 0 Å². The van der Waals surface area contributed by atoms with Gasteiger partial charge in [0.1, 0.15) is 34.2 Å². The van der Waals surface area contributed by atoms with Gasteiger partial charge in [-0.25, -0.2) is 0 Å². The van der Waals surface area contributed by atoms with Crippen LogP contribution in [0.15, 0.2) is 158 Å². The van der Waals surface area contributed by atoms with Crippen LogP contribution in [0.4, 0.5) is 0 Å². The van der Waals surface area contributed by atoms with Gasteiger partial charge in [0, 0.05) is 39.1 Å². The third-order valence-corrected chi connectivity index (χ3v) is 11.2. The van der Waals surface area contributed by atoms with E-state index < -0.39 is 17.3 Å². The fourth-order valence-electron chi connectivity index (χ4n) is 7.78. The number of hydrogen-bond acceptors (Lipinski definition) is 9. The number of carbonyl (C=O) groups excluding carboxylic acids is 2. The topological polar surface area (TPSA) is 134 Å². The molecule has 0 aliphatic rings. The van der Waals surface area contributed by atoms with E-state index in [1.807, 2.05) is 158 Å². The minimum absolute atomic E-state index is 0.0158. The molecule has 0 saturated carbocycles. The summed E-state index contributed by atoms with van der Waals surface area (Å²) in [6.07, 6.45) is 0.209. The van der Waals surface area contributed by atoms with Crippen LogP contribution in [0.25, 0.3) is 0 Å². The van der Waals surface area contributed by atoms with Gasteiger partial charge in [0.25, 0.3) is 0 Å². The van der Waals surface area contributed by atoms with E-state index >= 15 is 0 Å². The van der Waals surface area contributed by atoms with Crippen molar-refractivity contribution >= 4 is 11.8 Å². The van der Waals surface area contributed by atoms with Crippen LogP contribution in [0, 0.1) is 0 Å². The second-order valence-electron chi connectivity index (χ2n) is 15.2. The quantitative estimate of drug-likeness (QED) is 0.0407. The summed E-state index contributed by atoms with van der Waals surface area (Å²) in [5.74, 6) is 2.42. The summed E-state index contributed by atoms with van der Waals surface area (Å²) in [6.45, 7) is 0.487. The lowest BCUT2D eigenvalue weighted by molar-refractivity contribution is -0.122. The van der Waals surface area contributed by atoms with Gasteiger partial charge in [-0.05, 0) is 94.8 Å². The third-order valence-electron chi connectivity index (χ3n) is 11.2. The van der Waals surface area contributed by atoms with E-state index in [4.69, 9.17) is 28.4 Å². The Bertz CT molecular complexity index is 2060. The molecule has 0 radical (unpaired) electrons. The SMILES string of the molecule is COc1ccc(C(OCCCC(=O)NCC(O)CNC(=O)CCCOC(c2ccccc2)(c2ccc(OC)cc2)c2ccc(OC)cc2)(c2ccccc2)c2ccc(OC)cc2)cc1. The van der Waals surface area contributed by atoms with E-state index in [0.717, 1.165) is 56.4 Å². The summed E-state index contributed by atoms with van der Waals surface area (Å²) >= 11 is 0. The van der Waals surface area contributed by atoms with Crippen molar-refractivity contribution in [2.75, 3.05) is 54.7 Å². The summed E-state index contributed by atoms with van der Waals surface area (Å²) < 4.78 is 35.5. The van der Waals surface area contributed by atoms with Crippen molar-refractivity contribution < 1.29 is 43.1 Å². The molecule has 2 amide bonds. The largest absolute Gasteiger partial charge is 0.497 e. The molecule has 0 saturated heterocycles. The minimum atomic E-state index is -0.991. The molecule has 0 aliphatic heterocycles. The average molecular weight is 867 g/mol. The van der Waals surface area contributed by atoms with Gasteiger partial charge >= 0.3 is 0 Å². The Balaban J connectivity index is 1.01. The zero-order chi connectivity index (χ0) is 45.2. The molecule has 0 aromatic heterocycles. The standard InChI is InChI=1S/C53H58N2O9/c1-59-46-27-19-41(20-28-46)52(39-13-7-5-8-14-39,42-21-29-47(60-2)30-22-42)63-35-11-17-50(57)54-37-45(56)38-55-51(58)18-12-36-64-53(40-15-9-6-10-16-40,43-23-31-48(61-3)32-24-43)44-25-33-49(62-4)34-26-44/h5-10,13-16,19-34,45,56H,11-12,17-18,35-38H2,1-4H3,(H,54,57)(H,55,58). The normalized spacial score (nSPS) is 11.5. The lowest BCUT2D eigenvalue weighted by atomic mass is 9.80. The zero-order valence-electron chi connectivity index (χ0n) is 37.0. The van der Waals surface area contributed by atoms with E-state index in [2.05, 4.69) is 10.6 Å². The first-order valence-electron chi connectivity index (χ1n) is 21.4. The molecule has 0 atom stereocenters. The molecule has 11 nitrogen and oxygen atoms in total. The number of amides is 2. The van der Waals surface area contributed by atoms with Crippen LogP contribution in [0.1, 0.15) is 59.1 Å². The Hall–Kier alpha value is -6.66. The molecule has 0 bridgehead atoms. The Morgan fingerprint density at radius 3 is 0.969 bits per heavy atom. The number of carbonyl (C=O) groups is 2. The molecule has 64 heavy (non-hydrogen) atoms. The second kappa shape index (κ2) is 23.1. The highest BCUT2D eigenvalue weighted by Gasteiger charge is 2.39. The molecule has 0 spiro atoms. The second-order valence-corrected chi connectivity index (χ2v) is 15.2. The monoisotopic (exact) mass is 866 g/mol. The maximum absolute atomic E-state index is 13.0. The number of aliphatic hydroxyl groups excluding tert-OH is 1. The van der Waals surface area contributed by atoms with Crippen LogP contribution in [-0.2, 0) is 30.3 Å². The van der Waals surface area contributed by atoms with Gasteiger partial charge in [0.05, 0.1) is 34.5 Å². The van der Waals surface area contributed by atoms with Gasteiger partial charge in [-0.1, -0.05) is 109 Å². The Kier molecular flexibility index (Phi) is 16.9. The Morgan fingerprint density at radius 1 is 0.438 bits per heavy atom. The van der Waals surface area contributed by atoms with E-state index in [9.17, 15) is 14.7 Å². The molecular formula is C53H58N2O9. The molecule has 6 aromatic carbocycles. The molecule has 0 heterocycles. The van der Waals surface area contributed by atoms with Gasteiger partial charge in [-0.2, -0.15) is 0 Å². The van der Waals surface area contributed by atoms with Crippen molar-refractivity contribution in [3.63, 3.8) is 0 Å². The Labute approximate surface area is 376 Å². The van der Waals surface area contributed by atoms with Crippen molar-refractivity contribution in [1.29, 1.82) is 0 Å². The minimum Gasteiger partial charge on any atom is -0.497 e. The van der Waals surface area contributed by atoms with Gasteiger partial charge in [0.2, 0.25) is 11.8 Å². The predicted molar refractivity (Wildman–Crippen MR) is 247 cm³/mol. The van der Waals surface area contributed by atoms with Crippen LogP contribution in [0.5, 0.6) is 23.0 Å². The maximum Gasteiger partial charge on any atom is 0.220 e. The molecule has 6 aromatic rings. The maximum atomic E-state index is 13.0. The van der Waals surface area contributed by atoms with Crippen molar-refractivity contribution in [1.82, 2.24) is 10.6 Å². The van der Waals surface area contributed by atoms with Crippen molar-refractivity contribution in [3.8, 4) is 23.0 Å². The van der Waals surface area contributed by atoms with E-state index in [0.29, 0.717) is 12.8 Å². The Morgan fingerprint density at radius 2 is 0.703 bits per heavy atom. The van der Waals surface area contributed by atoms with E-state index in [1.165, 1.54) is 0 Å². The lowest BCUT2D eigenvalue weighted by Crippen LogP contribution is -2.40. The first-order chi connectivity index (χ1) is 31.2. The summed E-state index contributed by atoms with van der Waals surface area (Å²) in [4.78, 5) is 25.9. The highest BCUT2D eigenvalue weighted by atomic mass is 16.5. The van der Waals surface area contributed by atoms with Crippen LogP contribution < -0.4 is 29.6 Å². The number of rotatable bonds is 24. The number of aliphatic hydroxyl groups is 1. The van der Waals surface area contributed by atoms with Gasteiger partial charge in [-0.3, -0.25) is 9.59 Å². The molecule has 11 heteroatoms. The highest BCUT2D eigenvalue weighted by Crippen LogP contribution is 2.43. The predicted octanol–water partition coefficient (Wildman–Crippen LogP) is 8.19. The number of methoxy groups -OCH3 is 4. The van der Waals surface area contributed by atoms with Crippen molar-refractivity contribution in [2.24, 2.45) is 0 Å². The van der Waals surface area contributed by atoms with Crippen molar-refractivity contribution in [3.05, 3.63) is 191 Å². The molecule has 0 unspecified atom stereocenters. The lowest BCUT2D eigenvalue weighted by Gasteiger charge is -2.36. The van der Waals surface area contributed by atoms with Crippen molar-refractivity contribution in [2.45, 2.75) is 43.0 Å². The molecular weight excluding hydrogens is 809 g/mol. The van der Waals surface area contributed by atoms with Crippen LogP contribution in [-0.4, -0.2) is 77.8 Å². The molecule has 0 aliphatic carbocycles. The first kappa shape index (κ1) is 46.8. The van der Waals surface area contributed by atoms with Gasteiger partial charge < -0.3 is 44.2 Å². The zero-order valence-corrected chi connectivity index (χ0v) is 37.0. The number of nitrogens with one attached hydrogen (secondary N) is 2. The van der Waals surface area contributed by atoms with Crippen LogP contribution in [0.3, 0.4) is 0 Å². The molecule has 6 rings (SSSR count). The smallest absolute Gasteiger partial charge is 0.220 e. The summed E-state index contributed by atoms with van der Waals surface area (Å²) in [5, 5.41) is 16.3. The fourth-order valence-corrected chi connectivity index (χ4v) is 7.78. The fraction of sp³-hybridized carbons (Fsp3) is 0.283. The number of hydrogen-bond donors (Lipinski definition) is 3. The summed E-state index contributed by atoms with van der Waals surface area (Å²) in [7, 11) is 6.52. The highest BCUT2D eigenvalue weighted by molar-refractivity contribution is 5.76. The van der Waals surface area contributed by atoms with E-state index in [1.54, 1.807) is 28.4 Å². The molecule has 0 fully saturated rings. The van der Waals surface area contributed by atoms with Crippen LogP contribution >= 0.6 is 0 Å². The summed E-state index contributed by atoms with van der Waals surface area (Å²) in [6, 6.07) is 51.1. The van der Waals surface area contributed by atoms with Crippen LogP contribution in [0.2, 0.25) is 0 Å². The molecule has 3 N–H and O–H groups in total. The summed E-state index contributed by atoms with van der Waals surface area (Å²) in [5.41, 5.74) is 3.46. The average Bonchev–Trinajstić information content (AvgIpc) is 3.36.